The Kier molecular flexibility index (Phi) is 6.86. The maximum atomic E-state index is 14.0. The van der Waals surface area contributed by atoms with Crippen molar-refractivity contribution in [2.75, 3.05) is 37.6 Å². The lowest BCUT2D eigenvalue weighted by Crippen LogP contribution is -2.49. The highest BCUT2D eigenvalue weighted by Crippen LogP contribution is 2.20. The van der Waals surface area contributed by atoms with Crippen LogP contribution in [0.5, 0.6) is 0 Å². The minimum Gasteiger partial charge on any atom is -0.366 e. The molecule has 0 aliphatic carbocycles. The first-order chi connectivity index (χ1) is 14.0. The van der Waals surface area contributed by atoms with Gasteiger partial charge in [-0.3, -0.25) is 9.59 Å². The Morgan fingerprint density at radius 1 is 1.00 bits per heavy atom. The smallest absolute Gasteiger partial charge is 0.224 e. The molecule has 0 spiro atoms. The molecular formula is C23H28FN3O2. The number of carbonyl (C=O) groups excluding carboxylic acids is 2. The highest BCUT2D eigenvalue weighted by atomic mass is 19.1. The molecule has 1 aliphatic heterocycles. The van der Waals surface area contributed by atoms with Gasteiger partial charge in [-0.2, -0.15) is 0 Å². The standard InChI is InChI=1S/C23H28FN3O2/c1-18-7-3-4-8-20(18)17-27(19(2)28)12-11-23(29)26-15-13-25(14-16-26)22-10-6-5-9-21(22)24/h3-10H,11-17H2,1-2H3. The Labute approximate surface area is 171 Å². The highest BCUT2D eigenvalue weighted by molar-refractivity contribution is 5.78. The van der Waals surface area contributed by atoms with Gasteiger partial charge in [0.05, 0.1) is 5.69 Å². The first-order valence-electron chi connectivity index (χ1n) is 10.0. The van der Waals surface area contributed by atoms with Gasteiger partial charge in [0, 0.05) is 52.6 Å². The quantitative estimate of drug-likeness (QED) is 0.752. The second-order valence-electron chi connectivity index (χ2n) is 7.44. The molecule has 5 nitrogen and oxygen atoms in total. The van der Waals surface area contributed by atoms with E-state index in [2.05, 4.69) is 0 Å². The Balaban J connectivity index is 1.51. The lowest BCUT2D eigenvalue weighted by molar-refractivity contribution is -0.134. The van der Waals surface area contributed by atoms with E-state index in [4.69, 9.17) is 0 Å². The molecule has 2 aromatic carbocycles. The number of piperazine rings is 1. The van der Waals surface area contributed by atoms with E-state index in [1.165, 1.54) is 13.0 Å². The van der Waals surface area contributed by atoms with Gasteiger partial charge in [-0.1, -0.05) is 36.4 Å². The van der Waals surface area contributed by atoms with Crippen molar-refractivity contribution in [1.82, 2.24) is 9.80 Å². The SMILES string of the molecule is CC(=O)N(CCC(=O)N1CCN(c2ccccc2F)CC1)Cc1ccccc1C. The lowest BCUT2D eigenvalue weighted by Gasteiger charge is -2.36. The number of rotatable bonds is 6. The highest BCUT2D eigenvalue weighted by Gasteiger charge is 2.23. The van der Waals surface area contributed by atoms with Crippen LogP contribution in [0.4, 0.5) is 10.1 Å². The Bertz CT molecular complexity index is 863. The van der Waals surface area contributed by atoms with Crippen molar-refractivity contribution in [2.24, 2.45) is 0 Å². The van der Waals surface area contributed by atoms with Crippen LogP contribution < -0.4 is 4.90 Å². The van der Waals surface area contributed by atoms with E-state index in [0.29, 0.717) is 51.4 Å². The molecule has 154 valence electrons. The topological polar surface area (TPSA) is 43.9 Å². The largest absolute Gasteiger partial charge is 0.366 e. The van der Waals surface area contributed by atoms with Crippen LogP contribution >= 0.6 is 0 Å². The minimum absolute atomic E-state index is 0.0363. The number of halogens is 1. The van der Waals surface area contributed by atoms with Gasteiger partial charge in [-0.15, -0.1) is 0 Å². The predicted octanol–water partition coefficient (Wildman–Crippen LogP) is 3.22. The van der Waals surface area contributed by atoms with Crippen LogP contribution in [-0.2, 0) is 16.1 Å². The van der Waals surface area contributed by atoms with Crippen LogP contribution in [0, 0.1) is 12.7 Å². The van der Waals surface area contributed by atoms with Crippen molar-refractivity contribution in [3.63, 3.8) is 0 Å². The predicted molar refractivity (Wildman–Crippen MR) is 112 cm³/mol. The maximum Gasteiger partial charge on any atom is 0.224 e. The number of amides is 2. The van der Waals surface area contributed by atoms with Crippen molar-refractivity contribution >= 4 is 17.5 Å². The van der Waals surface area contributed by atoms with Crippen molar-refractivity contribution in [2.45, 2.75) is 26.8 Å². The molecular weight excluding hydrogens is 369 g/mol. The average Bonchev–Trinajstić information content (AvgIpc) is 2.72. The molecule has 0 N–H and O–H groups in total. The normalized spacial score (nSPS) is 14.0. The van der Waals surface area contributed by atoms with E-state index in [1.54, 1.807) is 17.0 Å². The van der Waals surface area contributed by atoms with E-state index in [0.717, 1.165) is 11.1 Å². The molecule has 0 bridgehead atoms. The molecule has 1 saturated heterocycles. The van der Waals surface area contributed by atoms with Crippen molar-refractivity contribution in [3.05, 3.63) is 65.5 Å². The summed E-state index contributed by atoms with van der Waals surface area (Å²) < 4.78 is 14.0. The molecule has 1 aliphatic rings. The summed E-state index contributed by atoms with van der Waals surface area (Å²) >= 11 is 0. The summed E-state index contributed by atoms with van der Waals surface area (Å²) in [4.78, 5) is 30.2. The van der Waals surface area contributed by atoms with Gasteiger partial charge in [0.2, 0.25) is 11.8 Å². The van der Waals surface area contributed by atoms with E-state index in [-0.39, 0.29) is 17.6 Å². The zero-order chi connectivity index (χ0) is 20.8. The monoisotopic (exact) mass is 397 g/mol. The third-order valence-corrected chi connectivity index (χ3v) is 5.49. The molecule has 0 atom stereocenters. The second kappa shape index (κ2) is 9.54. The summed E-state index contributed by atoms with van der Waals surface area (Å²) in [5.41, 5.74) is 2.81. The molecule has 0 unspecified atom stereocenters. The zero-order valence-corrected chi connectivity index (χ0v) is 17.1. The number of para-hydroxylation sites is 1. The Morgan fingerprint density at radius 2 is 1.66 bits per heavy atom. The molecule has 29 heavy (non-hydrogen) atoms. The van der Waals surface area contributed by atoms with Crippen LogP contribution in [0.15, 0.2) is 48.5 Å². The Hall–Kier alpha value is -2.89. The first kappa shape index (κ1) is 20.8. The second-order valence-corrected chi connectivity index (χ2v) is 7.44. The summed E-state index contributed by atoms with van der Waals surface area (Å²) in [6.45, 7) is 6.80. The average molecular weight is 397 g/mol. The van der Waals surface area contributed by atoms with Gasteiger partial charge in [-0.05, 0) is 30.2 Å². The van der Waals surface area contributed by atoms with Gasteiger partial charge < -0.3 is 14.7 Å². The fourth-order valence-corrected chi connectivity index (χ4v) is 3.63. The number of hydrogen-bond acceptors (Lipinski definition) is 3. The summed E-state index contributed by atoms with van der Waals surface area (Å²) in [6, 6.07) is 14.7. The van der Waals surface area contributed by atoms with Crippen LogP contribution in [0.25, 0.3) is 0 Å². The molecule has 0 saturated carbocycles. The van der Waals surface area contributed by atoms with Gasteiger partial charge in [0.15, 0.2) is 0 Å². The van der Waals surface area contributed by atoms with Gasteiger partial charge in [0.1, 0.15) is 5.82 Å². The number of hydrogen-bond donors (Lipinski definition) is 0. The number of benzene rings is 2. The van der Waals surface area contributed by atoms with Crippen LogP contribution in [0.3, 0.4) is 0 Å². The zero-order valence-electron chi connectivity index (χ0n) is 17.1. The molecule has 2 aromatic rings. The van der Waals surface area contributed by atoms with E-state index in [1.807, 2.05) is 47.1 Å². The van der Waals surface area contributed by atoms with Crippen molar-refractivity contribution in [3.8, 4) is 0 Å². The van der Waals surface area contributed by atoms with Crippen LogP contribution in [0.1, 0.15) is 24.5 Å². The van der Waals surface area contributed by atoms with Gasteiger partial charge in [0.25, 0.3) is 0 Å². The minimum atomic E-state index is -0.236. The van der Waals surface area contributed by atoms with E-state index < -0.39 is 0 Å². The number of carbonyl (C=O) groups is 2. The summed E-state index contributed by atoms with van der Waals surface area (Å²) in [7, 11) is 0. The van der Waals surface area contributed by atoms with Crippen molar-refractivity contribution in [1.29, 1.82) is 0 Å². The number of nitrogens with zero attached hydrogens (tertiary/aromatic N) is 3. The summed E-state index contributed by atoms with van der Waals surface area (Å²) in [6.07, 6.45) is 0.297. The first-order valence-corrected chi connectivity index (χ1v) is 10.0. The van der Waals surface area contributed by atoms with Gasteiger partial charge >= 0.3 is 0 Å². The van der Waals surface area contributed by atoms with E-state index in [9.17, 15) is 14.0 Å². The van der Waals surface area contributed by atoms with Crippen molar-refractivity contribution < 1.29 is 14.0 Å². The molecule has 1 heterocycles. The molecule has 6 heteroatoms. The number of anilines is 1. The molecule has 1 fully saturated rings. The molecule has 0 radical (unpaired) electrons. The third kappa shape index (κ3) is 5.34. The fraction of sp³-hybridized carbons (Fsp3) is 0.391. The summed E-state index contributed by atoms with van der Waals surface area (Å²) in [5.74, 6) is -0.236. The third-order valence-electron chi connectivity index (χ3n) is 5.49. The summed E-state index contributed by atoms with van der Waals surface area (Å²) in [5, 5.41) is 0. The maximum absolute atomic E-state index is 14.0. The fourth-order valence-electron chi connectivity index (χ4n) is 3.63. The number of aryl methyl sites for hydroxylation is 1. The van der Waals surface area contributed by atoms with Crippen LogP contribution in [-0.4, -0.2) is 54.3 Å². The van der Waals surface area contributed by atoms with Gasteiger partial charge in [-0.25, -0.2) is 4.39 Å². The molecule has 0 aromatic heterocycles. The lowest BCUT2D eigenvalue weighted by atomic mass is 10.1. The van der Waals surface area contributed by atoms with E-state index >= 15 is 0 Å². The Morgan fingerprint density at radius 3 is 2.31 bits per heavy atom. The molecule has 3 rings (SSSR count). The molecule has 2 amide bonds. The van der Waals surface area contributed by atoms with Crippen LogP contribution in [0.2, 0.25) is 0 Å².